The standard InChI is InChI=1S/C26H41N5O5/c1-26(2,3)21(30-25(27)36)24(35)31-13-15-8-5-9-17(15)19(31)22(33)29-18(12-14-6-4-7-14)20(32)23(34)28-16-10-11-16/h14-19,21H,4-13H2,1-3H3,(H,28,34)(H,29,33)(H3,27,30,36)/t15-,17-,18?,19-,21+/m0/s1. The van der Waals surface area contributed by atoms with Gasteiger partial charge in [0.15, 0.2) is 0 Å². The summed E-state index contributed by atoms with van der Waals surface area (Å²) in [6.07, 6.45) is 7.95. The number of amides is 5. The Kier molecular flexibility index (Phi) is 7.61. The van der Waals surface area contributed by atoms with Crippen molar-refractivity contribution in [2.45, 2.75) is 103 Å². The van der Waals surface area contributed by atoms with Gasteiger partial charge in [-0.25, -0.2) is 4.79 Å². The van der Waals surface area contributed by atoms with Crippen LogP contribution in [0, 0.1) is 23.2 Å². The Labute approximate surface area is 212 Å². The molecule has 36 heavy (non-hydrogen) atoms. The van der Waals surface area contributed by atoms with E-state index < -0.39 is 41.3 Å². The third kappa shape index (κ3) is 5.83. The van der Waals surface area contributed by atoms with E-state index in [4.69, 9.17) is 5.73 Å². The topological polar surface area (TPSA) is 151 Å². The van der Waals surface area contributed by atoms with Crippen LogP contribution in [0.15, 0.2) is 0 Å². The largest absolute Gasteiger partial charge is 0.352 e. The van der Waals surface area contributed by atoms with Gasteiger partial charge >= 0.3 is 6.03 Å². The minimum Gasteiger partial charge on any atom is -0.352 e. The van der Waals surface area contributed by atoms with Crippen LogP contribution in [0.5, 0.6) is 0 Å². The second-order valence-corrected chi connectivity index (χ2v) is 12.3. The Hall–Kier alpha value is -2.65. The number of Topliss-reactive ketones (excluding diaryl/α,β-unsaturated/α-hetero) is 1. The molecular weight excluding hydrogens is 462 g/mol. The predicted octanol–water partition coefficient (Wildman–Crippen LogP) is 1.22. The van der Waals surface area contributed by atoms with Crippen molar-refractivity contribution in [2.75, 3.05) is 6.54 Å². The number of nitrogens with one attached hydrogen (secondary N) is 3. The number of carbonyl (C=O) groups is 5. The van der Waals surface area contributed by atoms with Gasteiger partial charge in [-0.05, 0) is 55.3 Å². The fourth-order valence-electron chi connectivity index (χ4n) is 6.02. The zero-order valence-corrected chi connectivity index (χ0v) is 21.7. The van der Waals surface area contributed by atoms with E-state index in [9.17, 15) is 24.0 Å². The molecule has 10 heteroatoms. The van der Waals surface area contributed by atoms with E-state index in [1.54, 1.807) is 4.90 Å². The highest BCUT2D eigenvalue weighted by Crippen LogP contribution is 2.43. The van der Waals surface area contributed by atoms with Crippen molar-refractivity contribution in [3.05, 3.63) is 0 Å². The van der Waals surface area contributed by atoms with Crippen LogP contribution in [-0.2, 0) is 19.2 Å². The van der Waals surface area contributed by atoms with E-state index in [2.05, 4.69) is 16.0 Å². The molecular formula is C26H41N5O5. The Bertz CT molecular complexity index is 907. The predicted molar refractivity (Wildman–Crippen MR) is 132 cm³/mol. The van der Waals surface area contributed by atoms with Gasteiger partial charge in [0.1, 0.15) is 12.1 Å². The second kappa shape index (κ2) is 10.4. The van der Waals surface area contributed by atoms with Crippen molar-refractivity contribution in [3.8, 4) is 0 Å². The zero-order valence-electron chi connectivity index (χ0n) is 21.7. The van der Waals surface area contributed by atoms with Crippen LogP contribution in [0.1, 0.15) is 78.6 Å². The molecule has 1 unspecified atom stereocenters. The van der Waals surface area contributed by atoms with Crippen LogP contribution in [0.3, 0.4) is 0 Å². The first-order chi connectivity index (χ1) is 17.0. The maximum atomic E-state index is 13.8. The van der Waals surface area contributed by atoms with Gasteiger partial charge in [-0.3, -0.25) is 19.2 Å². The van der Waals surface area contributed by atoms with Gasteiger partial charge in [0.05, 0.1) is 6.04 Å². The van der Waals surface area contributed by atoms with Crippen LogP contribution < -0.4 is 21.7 Å². The second-order valence-electron chi connectivity index (χ2n) is 12.3. The molecule has 10 nitrogen and oxygen atoms in total. The molecule has 1 heterocycles. The number of fused-ring (bicyclic) bond motifs is 1. The molecule has 0 bridgehead atoms. The maximum Gasteiger partial charge on any atom is 0.312 e. The summed E-state index contributed by atoms with van der Waals surface area (Å²) in [5.74, 6) is -1.49. The first-order valence-electron chi connectivity index (χ1n) is 13.5. The van der Waals surface area contributed by atoms with Crippen LogP contribution in [0.25, 0.3) is 0 Å². The Morgan fingerprint density at radius 3 is 2.17 bits per heavy atom. The van der Waals surface area contributed by atoms with E-state index in [0.29, 0.717) is 18.9 Å². The van der Waals surface area contributed by atoms with Gasteiger partial charge in [-0.1, -0.05) is 46.5 Å². The number of nitrogens with zero attached hydrogens (tertiary/aromatic N) is 1. The molecule has 200 valence electrons. The molecule has 3 saturated carbocycles. The monoisotopic (exact) mass is 503 g/mol. The SMILES string of the molecule is CC(C)(C)[C@H](NC(N)=O)C(=O)N1C[C@@H]2CCC[C@@H]2[C@H]1C(=O)NC(CC1CCC1)C(=O)C(=O)NC1CC1. The van der Waals surface area contributed by atoms with E-state index in [0.717, 1.165) is 51.4 Å². The molecule has 3 aliphatic carbocycles. The average molecular weight is 504 g/mol. The number of carbonyl (C=O) groups excluding carboxylic acids is 5. The molecule has 0 aromatic rings. The Morgan fingerprint density at radius 2 is 1.61 bits per heavy atom. The number of hydrogen-bond donors (Lipinski definition) is 4. The van der Waals surface area contributed by atoms with Crippen molar-refractivity contribution in [3.63, 3.8) is 0 Å². The summed E-state index contributed by atoms with van der Waals surface area (Å²) in [4.78, 5) is 66.3. The van der Waals surface area contributed by atoms with Crippen molar-refractivity contribution >= 4 is 29.5 Å². The first-order valence-corrected chi connectivity index (χ1v) is 13.5. The van der Waals surface area contributed by atoms with Crippen molar-refractivity contribution in [1.29, 1.82) is 0 Å². The summed E-state index contributed by atoms with van der Waals surface area (Å²) in [7, 11) is 0. The normalized spacial score (nSPS) is 27.4. The number of ketones is 1. The summed E-state index contributed by atoms with van der Waals surface area (Å²) in [5.41, 5.74) is 4.75. The average Bonchev–Trinajstić information content (AvgIpc) is 3.32. The molecule has 0 aromatic carbocycles. The number of primary amides is 1. The zero-order chi connectivity index (χ0) is 26.2. The minimum atomic E-state index is -0.902. The molecule has 0 spiro atoms. The van der Waals surface area contributed by atoms with Gasteiger partial charge in [-0.15, -0.1) is 0 Å². The van der Waals surface area contributed by atoms with Crippen molar-refractivity contribution in [2.24, 2.45) is 28.9 Å². The number of hydrogen-bond acceptors (Lipinski definition) is 5. The number of nitrogens with two attached hydrogens (primary N) is 1. The van der Waals surface area contributed by atoms with Gasteiger partial charge in [0, 0.05) is 12.6 Å². The lowest BCUT2D eigenvalue weighted by Gasteiger charge is -2.36. The van der Waals surface area contributed by atoms with Crippen LogP contribution in [-0.4, -0.2) is 65.1 Å². The fourth-order valence-corrected chi connectivity index (χ4v) is 6.02. The molecule has 4 rings (SSSR count). The number of likely N-dealkylation sites (tertiary alicyclic amines) is 1. The fraction of sp³-hybridized carbons (Fsp3) is 0.808. The molecule has 4 fully saturated rings. The van der Waals surface area contributed by atoms with Crippen LogP contribution in [0.4, 0.5) is 4.79 Å². The number of rotatable bonds is 9. The lowest BCUT2D eigenvalue weighted by atomic mass is 9.80. The van der Waals surface area contributed by atoms with Crippen LogP contribution in [0.2, 0.25) is 0 Å². The van der Waals surface area contributed by atoms with E-state index in [1.165, 1.54) is 0 Å². The van der Waals surface area contributed by atoms with E-state index in [1.807, 2.05) is 20.8 Å². The highest BCUT2D eigenvalue weighted by atomic mass is 16.2. The third-order valence-electron chi connectivity index (χ3n) is 8.40. The highest BCUT2D eigenvalue weighted by Gasteiger charge is 2.52. The summed E-state index contributed by atoms with van der Waals surface area (Å²) in [5, 5.41) is 8.21. The van der Waals surface area contributed by atoms with Gasteiger partial charge in [-0.2, -0.15) is 0 Å². The van der Waals surface area contributed by atoms with Crippen molar-refractivity contribution in [1.82, 2.24) is 20.9 Å². The van der Waals surface area contributed by atoms with Crippen LogP contribution >= 0.6 is 0 Å². The Morgan fingerprint density at radius 1 is 0.944 bits per heavy atom. The number of urea groups is 1. The van der Waals surface area contributed by atoms with Gasteiger partial charge in [0.2, 0.25) is 17.6 Å². The molecule has 5 amide bonds. The smallest absolute Gasteiger partial charge is 0.312 e. The van der Waals surface area contributed by atoms with E-state index in [-0.39, 0.29) is 29.7 Å². The summed E-state index contributed by atoms with van der Waals surface area (Å²) in [6.45, 7) is 5.94. The lowest BCUT2D eigenvalue weighted by molar-refractivity contribution is -0.144. The molecule has 1 aliphatic heterocycles. The lowest BCUT2D eigenvalue weighted by Crippen LogP contribution is -2.60. The van der Waals surface area contributed by atoms with E-state index >= 15 is 0 Å². The first kappa shape index (κ1) is 26.4. The molecule has 5 N–H and O–H groups in total. The minimum absolute atomic E-state index is 0.0112. The van der Waals surface area contributed by atoms with Crippen molar-refractivity contribution < 1.29 is 24.0 Å². The van der Waals surface area contributed by atoms with Gasteiger partial charge < -0.3 is 26.6 Å². The molecule has 0 aromatic heterocycles. The molecule has 4 aliphatic rings. The summed E-state index contributed by atoms with van der Waals surface area (Å²) >= 11 is 0. The highest BCUT2D eigenvalue weighted by molar-refractivity contribution is 6.38. The Balaban J connectivity index is 1.53. The summed E-state index contributed by atoms with van der Waals surface area (Å²) in [6, 6.07) is -3.28. The molecule has 0 radical (unpaired) electrons. The quantitative estimate of drug-likeness (QED) is 0.349. The molecule has 1 saturated heterocycles. The third-order valence-corrected chi connectivity index (χ3v) is 8.40. The molecule has 5 atom stereocenters. The maximum absolute atomic E-state index is 13.8. The van der Waals surface area contributed by atoms with Gasteiger partial charge in [0.25, 0.3) is 5.91 Å². The summed E-state index contributed by atoms with van der Waals surface area (Å²) < 4.78 is 0.